The van der Waals surface area contributed by atoms with E-state index in [0.29, 0.717) is 33.6 Å². The van der Waals surface area contributed by atoms with Crippen LogP contribution in [0.2, 0.25) is 0 Å². The van der Waals surface area contributed by atoms with Crippen LogP contribution in [0.25, 0.3) is 11.1 Å². The number of nitrogens with zero attached hydrogens (tertiary/aromatic N) is 1. The highest BCUT2D eigenvalue weighted by molar-refractivity contribution is 6.23. The fourth-order valence-corrected chi connectivity index (χ4v) is 6.92. The Morgan fingerprint density at radius 3 is 1.92 bits per heavy atom. The summed E-state index contributed by atoms with van der Waals surface area (Å²) in [7, 11) is 0. The molecular weight excluding hydrogens is 464 g/mol. The van der Waals surface area contributed by atoms with Gasteiger partial charge in [-0.15, -0.1) is 0 Å². The molecule has 2 aromatic carbocycles. The van der Waals surface area contributed by atoms with Crippen molar-refractivity contribution in [3.63, 3.8) is 0 Å². The molecule has 37 heavy (non-hydrogen) atoms. The van der Waals surface area contributed by atoms with Crippen LogP contribution in [0.1, 0.15) is 113 Å². The first-order valence-electron chi connectivity index (χ1n) is 13.7. The van der Waals surface area contributed by atoms with Gasteiger partial charge in [-0.3, -0.25) is 29.4 Å². The molecular formula is C31H34N2O4. The van der Waals surface area contributed by atoms with Crippen molar-refractivity contribution in [3.8, 4) is 11.1 Å². The number of rotatable bonds is 4. The number of carbonyl (C=O) groups is 4. The maximum absolute atomic E-state index is 13.4. The monoisotopic (exact) mass is 498 g/mol. The lowest BCUT2D eigenvalue weighted by Crippen LogP contribution is -2.42. The van der Waals surface area contributed by atoms with Crippen molar-refractivity contribution in [2.45, 2.75) is 77.7 Å². The lowest BCUT2D eigenvalue weighted by molar-refractivity contribution is 0.0518. The molecule has 0 spiro atoms. The number of hydrogen-bond acceptors (Lipinski definition) is 4. The second-order valence-electron chi connectivity index (χ2n) is 12.3. The van der Waals surface area contributed by atoms with E-state index in [4.69, 9.17) is 0 Å². The molecule has 2 aliphatic heterocycles. The van der Waals surface area contributed by atoms with E-state index in [0.717, 1.165) is 42.7 Å². The molecule has 2 saturated carbocycles. The summed E-state index contributed by atoms with van der Waals surface area (Å²) in [5.74, 6) is 0.318. The highest BCUT2D eigenvalue weighted by Crippen LogP contribution is 2.43. The highest BCUT2D eigenvalue weighted by Gasteiger charge is 2.41. The number of hydrogen-bond donors (Lipinski definition) is 1. The average molecular weight is 499 g/mol. The predicted molar refractivity (Wildman–Crippen MR) is 140 cm³/mol. The van der Waals surface area contributed by atoms with Crippen LogP contribution < -0.4 is 5.32 Å². The molecule has 6 heteroatoms. The van der Waals surface area contributed by atoms with Gasteiger partial charge in [-0.05, 0) is 110 Å². The molecule has 2 heterocycles. The van der Waals surface area contributed by atoms with Crippen LogP contribution in [0.4, 0.5) is 0 Å². The van der Waals surface area contributed by atoms with Crippen molar-refractivity contribution >= 4 is 23.6 Å². The van der Waals surface area contributed by atoms with E-state index < -0.39 is 11.8 Å². The topological polar surface area (TPSA) is 83.6 Å². The van der Waals surface area contributed by atoms with Crippen molar-refractivity contribution in [1.82, 2.24) is 10.2 Å². The summed E-state index contributed by atoms with van der Waals surface area (Å²) in [6, 6.07) is 10.3. The fourth-order valence-electron chi connectivity index (χ4n) is 6.92. The van der Waals surface area contributed by atoms with E-state index in [1.54, 1.807) is 30.3 Å². The molecule has 192 valence electrons. The van der Waals surface area contributed by atoms with Gasteiger partial charge in [0, 0.05) is 6.04 Å². The summed E-state index contributed by atoms with van der Waals surface area (Å²) in [6.07, 6.45) is 10.5. The second kappa shape index (κ2) is 8.93. The largest absolute Gasteiger partial charge is 0.288 e. The maximum Gasteiger partial charge on any atom is 0.261 e. The van der Waals surface area contributed by atoms with Gasteiger partial charge in [0.25, 0.3) is 23.6 Å². The molecule has 0 aromatic heterocycles. The van der Waals surface area contributed by atoms with Gasteiger partial charge in [0.05, 0.1) is 22.3 Å². The van der Waals surface area contributed by atoms with Gasteiger partial charge < -0.3 is 0 Å². The zero-order chi connectivity index (χ0) is 25.9. The lowest BCUT2D eigenvalue weighted by Gasteiger charge is -2.38. The number of carbonyl (C=O) groups excluding carboxylic acids is 4. The first-order chi connectivity index (χ1) is 17.7. The summed E-state index contributed by atoms with van der Waals surface area (Å²) in [6.45, 7) is 4.76. The Kier molecular flexibility index (Phi) is 5.81. The summed E-state index contributed by atoms with van der Waals surface area (Å²) in [5.41, 5.74) is 3.54. The number of benzene rings is 2. The minimum atomic E-state index is -0.414. The third kappa shape index (κ3) is 4.30. The third-order valence-electron chi connectivity index (χ3n) is 9.29. The molecule has 0 radical (unpaired) electrons. The van der Waals surface area contributed by atoms with Crippen molar-refractivity contribution in [2.24, 2.45) is 17.3 Å². The van der Waals surface area contributed by atoms with Gasteiger partial charge in [0.15, 0.2) is 0 Å². The summed E-state index contributed by atoms with van der Waals surface area (Å²) >= 11 is 0. The zero-order valence-corrected chi connectivity index (χ0v) is 21.6. The maximum atomic E-state index is 13.4. The first kappa shape index (κ1) is 24.1. The van der Waals surface area contributed by atoms with Gasteiger partial charge in [-0.25, -0.2) is 0 Å². The smallest absolute Gasteiger partial charge is 0.261 e. The Morgan fingerprint density at radius 1 is 0.703 bits per heavy atom. The molecule has 0 unspecified atom stereocenters. The van der Waals surface area contributed by atoms with Crippen molar-refractivity contribution < 1.29 is 19.2 Å². The molecule has 4 amide bonds. The predicted octanol–water partition coefficient (Wildman–Crippen LogP) is 6.00. The van der Waals surface area contributed by atoms with E-state index >= 15 is 0 Å². The number of imide groups is 2. The standard InChI is InChI=1S/C31H34N2O4/c1-31(2)13-11-19(12-14-31)15-18-3-7-22(8-4-18)33-29(36)24-10-6-21(17-26(24)30(33)37)20-5-9-23-25(16-20)28(35)32-27(23)34/h5-6,9-10,16-19,22H,3-4,7-8,11-15H2,1-2H3,(H,32,34,35). The van der Waals surface area contributed by atoms with Crippen LogP contribution in [0.5, 0.6) is 0 Å². The number of nitrogens with one attached hydrogen (secondary N) is 1. The lowest BCUT2D eigenvalue weighted by atomic mass is 9.69. The quantitative estimate of drug-likeness (QED) is 0.524. The fraction of sp³-hybridized carbons (Fsp3) is 0.484. The SMILES string of the molecule is CC1(C)CCC(CC2CCC(N3C(=O)c4ccc(-c5ccc6c(c5)C(=O)NC6=O)cc4C3=O)CC2)CC1. The van der Waals surface area contributed by atoms with Crippen LogP contribution in [0.3, 0.4) is 0 Å². The van der Waals surface area contributed by atoms with E-state index in [2.05, 4.69) is 19.2 Å². The normalized spacial score (nSPS) is 25.3. The van der Waals surface area contributed by atoms with Crippen LogP contribution in [0, 0.1) is 17.3 Å². The highest BCUT2D eigenvalue weighted by atomic mass is 16.2. The van der Waals surface area contributed by atoms with Crippen molar-refractivity contribution in [3.05, 3.63) is 58.7 Å². The summed E-state index contributed by atoms with van der Waals surface area (Å²) in [5, 5.41) is 2.30. The third-order valence-corrected chi connectivity index (χ3v) is 9.29. The van der Waals surface area contributed by atoms with E-state index in [9.17, 15) is 19.2 Å². The molecule has 6 rings (SSSR count). The molecule has 0 bridgehead atoms. The molecule has 0 saturated heterocycles. The second-order valence-corrected chi connectivity index (χ2v) is 12.3. The van der Waals surface area contributed by atoms with E-state index in [1.807, 2.05) is 6.07 Å². The minimum Gasteiger partial charge on any atom is -0.288 e. The number of fused-ring (bicyclic) bond motifs is 2. The van der Waals surface area contributed by atoms with Crippen LogP contribution >= 0.6 is 0 Å². The summed E-state index contributed by atoms with van der Waals surface area (Å²) in [4.78, 5) is 52.1. The van der Waals surface area contributed by atoms with Gasteiger partial charge in [-0.1, -0.05) is 26.0 Å². The molecule has 6 nitrogen and oxygen atoms in total. The van der Waals surface area contributed by atoms with Gasteiger partial charge in [0.1, 0.15) is 0 Å². The van der Waals surface area contributed by atoms with Crippen molar-refractivity contribution in [2.75, 3.05) is 0 Å². The Balaban J connectivity index is 1.13. The Labute approximate surface area is 217 Å². The molecule has 4 aliphatic rings. The number of amides is 4. The molecule has 1 N–H and O–H groups in total. The Hall–Kier alpha value is -3.28. The first-order valence-corrected chi connectivity index (χ1v) is 13.7. The van der Waals surface area contributed by atoms with Gasteiger partial charge >= 0.3 is 0 Å². The molecule has 2 aromatic rings. The Bertz CT molecular complexity index is 1310. The van der Waals surface area contributed by atoms with Crippen LogP contribution in [-0.4, -0.2) is 34.6 Å². The van der Waals surface area contributed by atoms with Crippen LogP contribution in [-0.2, 0) is 0 Å². The Morgan fingerprint density at radius 2 is 1.24 bits per heavy atom. The van der Waals surface area contributed by atoms with E-state index in [1.165, 1.54) is 37.0 Å². The zero-order valence-electron chi connectivity index (χ0n) is 21.6. The minimum absolute atomic E-state index is 0.0351. The van der Waals surface area contributed by atoms with Crippen LogP contribution in [0.15, 0.2) is 36.4 Å². The van der Waals surface area contributed by atoms with Crippen molar-refractivity contribution in [1.29, 1.82) is 0 Å². The van der Waals surface area contributed by atoms with Gasteiger partial charge in [-0.2, -0.15) is 0 Å². The van der Waals surface area contributed by atoms with Gasteiger partial charge in [0.2, 0.25) is 0 Å². The van der Waals surface area contributed by atoms with E-state index in [-0.39, 0.29) is 17.9 Å². The molecule has 2 aliphatic carbocycles. The molecule has 2 fully saturated rings. The average Bonchev–Trinajstić information content (AvgIpc) is 3.32. The summed E-state index contributed by atoms with van der Waals surface area (Å²) < 4.78 is 0. The molecule has 0 atom stereocenters.